The Balaban J connectivity index is 1.33. The smallest absolute Gasteiger partial charge is 0.156 e. The maximum Gasteiger partial charge on any atom is 0.156 e. The topological polar surface area (TPSA) is 51.5 Å². The normalized spacial score (nSPS) is 14.0. The fraction of sp³-hybridized carbons (Fsp3) is 0.217. The van der Waals surface area contributed by atoms with Crippen molar-refractivity contribution in [2.24, 2.45) is 0 Å². The van der Waals surface area contributed by atoms with E-state index in [0.717, 1.165) is 34.2 Å². The summed E-state index contributed by atoms with van der Waals surface area (Å²) in [4.78, 5) is 9.14. The molecule has 2 aromatic heterocycles. The van der Waals surface area contributed by atoms with Crippen molar-refractivity contribution in [1.29, 1.82) is 0 Å². The summed E-state index contributed by atoms with van der Waals surface area (Å²) in [5, 5.41) is 3.38. The first-order valence-corrected chi connectivity index (χ1v) is 9.82. The van der Waals surface area contributed by atoms with Gasteiger partial charge in [-0.1, -0.05) is 24.6 Å². The second-order valence-electron chi connectivity index (χ2n) is 7.34. The summed E-state index contributed by atoms with van der Waals surface area (Å²) < 4.78 is 21.0. The minimum atomic E-state index is -0.248. The fourth-order valence-corrected chi connectivity index (χ4v) is 3.56. The Labute approximate surface area is 168 Å². The molecule has 0 amide bonds. The number of rotatable bonds is 6. The summed E-state index contributed by atoms with van der Waals surface area (Å²) in [5.74, 6) is 2.92. The van der Waals surface area contributed by atoms with Gasteiger partial charge in [-0.05, 0) is 42.7 Å². The molecule has 1 aliphatic carbocycles. The van der Waals surface area contributed by atoms with Crippen LogP contribution >= 0.6 is 0 Å². The van der Waals surface area contributed by atoms with Crippen molar-refractivity contribution in [3.8, 4) is 5.75 Å². The van der Waals surface area contributed by atoms with Crippen LogP contribution in [0.5, 0.6) is 5.75 Å². The molecule has 5 nitrogen and oxygen atoms in total. The van der Waals surface area contributed by atoms with Crippen molar-refractivity contribution in [3.63, 3.8) is 0 Å². The average molecular weight is 388 g/mol. The highest BCUT2D eigenvalue weighted by Gasteiger charge is 2.24. The number of hydrogen-bond acceptors (Lipinski definition) is 4. The quantitative estimate of drug-likeness (QED) is 0.477. The Morgan fingerprint density at radius 3 is 2.76 bits per heavy atom. The number of hydrogen-bond donors (Lipinski definition) is 1. The molecule has 146 valence electrons. The van der Waals surface area contributed by atoms with E-state index < -0.39 is 0 Å². The lowest BCUT2D eigenvalue weighted by atomic mass is 9.85. The van der Waals surface area contributed by atoms with E-state index in [1.807, 2.05) is 36.7 Å². The number of benzene rings is 2. The van der Waals surface area contributed by atoms with Crippen molar-refractivity contribution < 1.29 is 9.13 Å². The Bertz CT molecular complexity index is 1140. The summed E-state index contributed by atoms with van der Waals surface area (Å²) in [6, 6.07) is 14.0. The van der Waals surface area contributed by atoms with Crippen LogP contribution in [-0.2, 0) is 6.61 Å². The molecule has 0 radical (unpaired) electrons. The van der Waals surface area contributed by atoms with Crippen molar-refractivity contribution in [2.45, 2.75) is 31.8 Å². The van der Waals surface area contributed by atoms with Crippen LogP contribution in [0.15, 0.2) is 67.1 Å². The number of halogens is 1. The maximum absolute atomic E-state index is 13.0. The Kier molecular flexibility index (Phi) is 4.60. The SMILES string of the molecule is Fc1ccc(COc2cccc(Nc3nccn4c(C5CCC5)ncc34)c2)cc1. The minimum Gasteiger partial charge on any atom is -0.489 e. The highest BCUT2D eigenvalue weighted by Crippen LogP contribution is 2.36. The molecule has 1 N–H and O–H groups in total. The van der Waals surface area contributed by atoms with Crippen molar-refractivity contribution in [1.82, 2.24) is 14.4 Å². The van der Waals surface area contributed by atoms with E-state index in [1.165, 1.54) is 31.4 Å². The molecule has 2 aromatic carbocycles. The molecule has 0 unspecified atom stereocenters. The zero-order valence-corrected chi connectivity index (χ0v) is 15.9. The third-order valence-corrected chi connectivity index (χ3v) is 5.37. The minimum absolute atomic E-state index is 0.248. The lowest BCUT2D eigenvalue weighted by molar-refractivity contribution is 0.306. The Hall–Kier alpha value is -3.41. The molecule has 0 spiro atoms. The third-order valence-electron chi connectivity index (χ3n) is 5.37. The number of nitrogens with one attached hydrogen (secondary N) is 1. The second-order valence-corrected chi connectivity index (χ2v) is 7.34. The van der Waals surface area contributed by atoms with Crippen LogP contribution in [0, 0.1) is 5.82 Å². The first-order chi connectivity index (χ1) is 14.3. The van der Waals surface area contributed by atoms with Gasteiger partial charge in [0.25, 0.3) is 0 Å². The van der Waals surface area contributed by atoms with Gasteiger partial charge in [0, 0.05) is 30.1 Å². The number of ether oxygens (including phenoxy) is 1. The van der Waals surface area contributed by atoms with E-state index in [-0.39, 0.29) is 5.82 Å². The third kappa shape index (κ3) is 3.66. The standard InChI is InChI=1S/C23H21FN4O/c24-18-9-7-16(8-10-18)15-29-20-6-2-5-19(13-20)27-22-21-14-26-23(17-3-1-4-17)28(21)12-11-25-22/h2,5-14,17H,1,3-4,15H2,(H,25,27). The number of anilines is 2. The highest BCUT2D eigenvalue weighted by molar-refractivity contribution is 5.73. The summed E-state index contributed by atoms with van der Waals surface area (Å²) >= 11 is 0. The van der Waals surface area contributed by atoms with Gasteiger partial charge < -0.3 is 10.1 Å². The molecule has 1 aliphatic rings. The Morgan fingerprint density at radius 2 is 1.97 bits per heavy atom. The van der Waals surface area contributed by atoms with Gasteiger partial charge in [0.05, 0.1) is 6.20 Å². The van der Waals surface area contributed by atoms with Gasteiger partial charge in [-0.15, -0.1) is 0 Å². The molecule has 0 atom stereocenters. The summed E-state index contributed by atoms with van der Waals surface area (Å²) in [7, 11) is 0. The molecular weight excluding hydrogens is 367 g/mol. The van der Waals surface area contributed by atoms with E-state index in [0.29, 0.717) is 12.5 Å². The molecule has 1 fully saturated rings. The maximum atomic E-state index is 13.0. The molecule has 0 aliphatic heterocycles. The first-order valence-electron chi connectivity index (χ1n) is 9.82. The summed E-state index contributed by atoms with van der Waals surface area (Å²) in [5.41, 5.74) is 2.76. The van der Waals surface area contributed by atoms with Crippen LogP contribution in [0.4, 0.5) is 15.9 Å². The van der Waals surface area contributed by atoms with Crippen LogP contribution in [0.25, 0.3) is 5.52 Å². The predicted octanol–water partition coefficient (Wildman–Crippen LogP) is 5.46. The molecule has 0 saturated heterocycles. The van der Waals surface area contributed by atoms with Gasteiger partial charge in [-0.2, -0.15) is 0 Å². The van der Waals surface area contributed by atoms with E-state index >= 15 is 0 Å². The van der Waals surface area contributed by atoms with Gasteiger partial charge in [0.2, 0.25) is 0 Å². The number of nitrogens with zero attached hydrogens (tertiary/aromatic N) is 3. The molecule has 5 rings (SSSR count). The molecule has 0 bridgehead atoms. The van der Waals surface area contributed by atoms with Crippen LogP contribution < -0.4 is 10.1 Å². The number of imidazole rings is 1. The van der Waals surface area contributed by atoms with Gasteiger partial charge in [-0.25, -0.2) is 14.4 Å². The Morgan fingerprint density at radius 1 is 1.10 bits per heavy atom. The molecular formula is C23H21FN4O. The van der Waals surface area contributed by atoms with Crippen LogP contribution in [0.1, 0.15) is 36.6 Å². The van der Waals surface area contributed by atoms with Gasteiger partial charge in [-0.3, -0.25) is 4.40 Å². The highest BCUT2D eigenvalue weighted by atomic mass is 19.1. The lowest BCUT2D eigenvalue weighted by Gasteiger charge is -2.24. The van der Waals surface area contributed by atoms with Crippen molar-refractivity contribution in [2.75, 3.05) is 5.32 Å². The van der Waals surface area contributed by atoms with E-state index in [4.69, 9.17) is 4.74 Å². The molecule has 6 heteroatoms. The van der Waals surface area contributed by atoms with Gasteiger partial charge in [0.1, 0.15) is 29.5 Å². The average Bonchev–Trinajstić information content (AvgIpc) is 3.11. The molecule has 4 aromatic rings. The molecule has 2 heterocycles. The van der Waals surface area contributed by atoms with Gasteiger partial charge in [0.15, 0.2) is 5.82 Å². The lowest BCUT2D eigenvalue weighted by Crippen LogP contribution is -2.12. The van der Waals surface area contributed by atoms with E-state index in [2.05, 4.69) is 19.7 Å². The zero-order chi connectivity index (χ0) is 19.6. The molecule has 1 saturated carbocycles. The van der Waals surface area contributed by atoms with Crippen LogP contribution in [-0.4, -0.2) is 14.4 Å². The second kappa shape index (κ2) is 7.54. The van der Waals surface area contributed by atoms with Crippen LogP contribution in [0.3, 0.4) is 0 Å². The van der Waals surface area contributed by atoms with Crippen molar-refractivity contribution >= 4 is 17.0 Å². The largest absolute Gasteiger partial charge is 0.489 e. The van der Waals surface area contributed by atoms with Crippen LogP contribution in [0.2, 0.25) is 0 Å². The number of fused-ring (bicyclic) bond motifs is 1. The fourth-order valence-electron chi connectivity index (χ4n) is 3.56. The molecule has 29 heavy (non-hydrogen) atoms. The van der Waals surface area contributed by atoms with Crippen molar-refractivity contribution in [3.05, 3.63) is 84.3 Å². The predicted molar refractivity (Wildman–Crippen MR) is 110 cm³/mol. The number of aromatic nitrogens is 3. The zero-order valence-electron chi connectivity index (χ0n) is 15.9. The monoisotopic (exact) mass is 388 g/mol. The van der Waals surface area contributed by atoms with Gasteiger partial charge >= 0.3 is 0 Å². The van der Waals surface area contributed by atoms with E-state index in [9.17, 15) is 4.39 Å². The summed E-state index contributed by atoms with van der Waals surface area (Å²) in [6.07, 6.45) is 9.35. The van der Waals surface area contributed by atoms with E-state index in [1.54, 1.807) is 18.3 Å². The summed E-state index contributed by atoms with van der Waals surface area (Å²) in [6.45, 7) is 0.380. The first kappa shape index (κ1) is 17.7.